The molecule has 0 saturated heterocycles. The third-order valence-electron chi connectivity index (χ3n) is 5.98. The van der Waals surface area contributed by atoms with Crippen LogP contribution in [0.25, 0.3) is 0 Å². The first-order valence-corrected chi connectivity index (χ1v) is 12.4. The molecule has 0 amide bonds. The van der Waals surface area contributed by atoms with E-state index in [4.69, 9.17) is 0 Å². The number of aliphatic hydroxyl groups is 1. The molecule has 1 unspecified atom stereocenters. The Morgan fingerprint density at radius 1 is 1.03 bits per heavy atom. The minimum Gasteiger partial charge on any atom is -0.371 e. The smallest absolute Gasteiger partial charge is 0.243 e. The lowest BCUT2D eigenvalue weighted by Crippen LogP contribution is -2.44. The van der Waals surface area contributed by atoms with Crippen LogP contribution < -0.4 is 10.0 Å². The summed E-state index contributed by atoms with van der Waals surface area (Å²) in [6.45, 7) is 4.26. The number of nitrogens with one attached hydrogen (secondary N) is 2. The maximum Gasteiger partial charge on any atom is 0.243 e. The minimum atomic E-state index is -3.85. The highest BCUT2D eigenvalue weighted by molar-refractivity contribution is 7.89. The Morgan fingerprint density at radius 2 is 1.67 bits per heavy atom. The molecule has 0 bridgehead atoms. The molecule has 164 valence electrons. The number of hydrogen-bond acceptors (Lipinski definition) is 4. The van der Waals surface area contributed by atoms with E-state index < -0.39 is 15.7 Å². The molecule has 2 atom stereocenters. The standard InChI is InChI=1S/C24H34N2O3S/c1-19(17-20-11-5-3-6-12-20)25-18-21-13-9-10-16-23(21)24(2,27)26-30(28,29)22-14-7-4-8-15-22/h4,7-10,13-16,19-20,25-27H,3,5-6,11-12,17-18H2,1-2H3/t19-,24?/m0/s1. The average Bonchev–Trinajstić information content (AvgIpc) is 2.73. The predicted octanol–water partition coefficient (Wildman–Crippen LogP) is 4.28. The Hall–Kier alpha value is -1.73. The molecule has 0 aliphatic heterocycles. The molecule has 0 spiro atoms. The highest BCUT2D eigenvalue weighted by Gasteiger charge is 2.31. The van der Waals surface area contributed by atoms with Gasteiger partial charge in [-0.25, -0.2) is 8.42 Å². The normalized spacial score (nSPS) is 18.6. The molecule has 1 aliphatic rings. The van der Waals surface area contributed by atoms with E-state index in [0.717, 1.165) is 17.9 Å². The third-order valence-corrected chi connectivity index (χ3v) is 7.54. The quantitative estimate of drug-likeness (QED) is 0.519. The highest BCUT2D eigenvalue weighted by Crippen LogP contribution is 2.28. The van der Waals surface area contributed by atoms with E-state index in [-0.39, 0.29) is 4.90 Å². The molecule has 0 radical (unpaired) electrons. The van der Waals surface area contributed by atoms with Crippen molar-refractivity contribution in [2.75, 3.05) is 0 Å². The van der Waals surface area contributed by atoms with Gasteiger partial charge < -0.3 is 10.4 Å². The summed E-state index contributed by atoms with van der Waals surface area (Å²) in [5.41, 5.74) is -0.282. The topological polar surface area (TPSA) is 78.4 Å². The summed E-state index contributed by atoms with van der Waals surface area (Å²) in [6.07, 6.45) is 7.82. The molecule has 0 aromatic heterocycles. The third kappa shape index (κ3) is 6.14. The second kappa shape index (κ2) is 10.1. The maximum atomic E-state index is 12.7. The summed E-state index contributed by atoms with van der Waals surface area (Å²) in [4.78, 5) is 0.127. The zero-order valence-corrected chi connectivity index (χ0v) is 18.8. The fraction of sp³-hybridized carbons (Fsp3) is 0.500. The Labute approximate surface area is 181 Å². The van der Waals surface area contributed by atoms with E-state index in [1.807, 2.05) is 18.2 Å². The second-order valence-electron chi connectivity index (χ2n) is 8.67. The lowest BCUT2D eigenvalue weighted by molar-refractivity contribution is 0.0441. The Balaban J connectivity index is 1.68. The van der Waals surface area contributed by atoms with E-state index in [0.29, 0.717) is 18.2 Å². The predicted molar refractivity (Wildman–Crippen MR) is 120 cm³/mol. The van der Waals surface area contributed by atoms with Crippen molar-refractivity contribution in [3.05, 3.63) is 65.7 Å². The molecule has 6 heteroatoms. The van der Waals surface area contributed by atoms with Crippen molar-refractivity contribution < 1.29 is 13.5 Å². The number of rotatable bonds is 9. The van der Waals surface area contributed by atoms with Gasteiger partial charge in [0, 0.05) is 18.2 Å². The van der Waals surface area contributed by atoms with Crippen LogP contribution in [0.2, 0.25) is 0 Å². The first-order valence-electron chi connectivity index (χ1n) is 10.9. The lowest BCUT2D eigenvalue weighted by Gasteiger charge is -2.29. The first kappa shape index (κ1) is 22.9. The van der Waals surface area contributed by atoms with Crippen molar-refractivity contribution in [1.82, 2.24) is 10.0 Å². The SMILES string of the molecule is C[C@@H](CC1CCCCC1)NCc1ccccc1C(C)(O)NS(=O)(=O)c1ccccc1. The van der Waals surface area contributed by atoms with Gasteiger partial charge in [-0.05, 0) is 43.9 Å². The maximum absolute atomic E-state index is 12.7. The Kier molecular flexibility index (Phi) is 7.69. The summed E-state index contributed by atoms with van der Waals surface area (Å²) >= 11 is 0. The van der Waals surface area contributed by atoms with Crippen LogP contribution in [-0.2, 0) is 22.3 Å². The van der Waals surface area contributed by atoms with Gasteiger partial charge in [0.2, 0.25) is 10.0 Å². The van der Waals surface area contributed by atoms with Crippen LogP contribution in [0.15, 0.2) is 59.5 Å². The monoisotopic (exact) mass is 430 g/mol. The van der Waals surface area contributed by atoms with Crippen LogP contribution in [0.1, 0.15) is 63.5 Å². The molecule has 1 fully saturated rings. The van der Waals surface area contributed by atoms with E-state index in [1.165, 1.54) is 51.2 Å². The second-order valence-corrected chi connectivity index (χ2v) is 10.4. The van der Waals surface area contributed by atoms with E-state index in [1.54, 1.807) is 24.3 Å². The molecule has 30 heavy (non-hydrogen) atoms. The number of benzene rings is 2. The molecule has 2 aromatic carbocycles. The molecule has 0 heterocycles. The zero-order chi connectivity index (χ0) is 21.6. The van der Waals surface area contributed by atoms with Crippen LogP contribution in [0.5, 0.6) is 0 Å². The molecule has 1 saturated carbocycles. The lowest BCUT2D eigenvalue weighted by atomic mass is 9.85. The van der Waals surface area contributed by atoms with Crippen molar-refractivity contribution >= 4 is 10.0 Å². The highest BCUT2D eigenvalue weighted by atomic mass is 32.2. The number of sulfonamides is 1. The van der Waals surface area contributed by atoms with E-state index >= 15 is 0 Å². The van der Waals surface area contributed by atoms with Gasteiger partial charge in [-0.3, -0.25) is 0 Å². The van der Waals surface area contributed by atoms with Crippen molar-refractivity contribution in [2.24, 2.45) is 5.92 Å². The van der Waals surface area contributed by atoms with Gasteiger partial charge in [0.05, 0.1) is 4.90 Å². The molecule has 3 N–H and O–H groups in total. The molecular weight excluding hydrogens is 396 g/mol. The zero-order valence-electron chi connectivity index (χ0n) is 18.0. The van der Waals surface area contributed by atoms with Gasteiger partial charge in [-0.15, -0.1) is 0 Å². The summed E-state index contributed by atoms with van der Waals surface area (Å²) < 4.78 is 27.9. The van der Waals surface area contributed by atoms with Gasteiger partial charge in [-0.1, -0.05) is 74.6 Å². The Morgan fingerprint density at radius 3 is 2.37 bits per heavy atom. The summed E-state index contributed by atoms with van der Waals surface area (Å²) in [5.74, 6) is 0.789. The first-order chi connectivity index (χ1) is 14.3. The molecule has 5 nitrogen and oxygen atoms in total. The van der Waals surface area contributed by atoms with Crippen molar-refractivity contribution in [3.63, 3.8) is 0 Å². The van der Waals surface area contributed by atoms with Crippen LogP contribution in [-0.4, -0.2) is 19.6 Å². The number of hydrogen-bond donors (Lipinski definition) is 3. The minimum absolute atomic E-state index is 0.127. The van der Waals surface area contributed by atoms with Crippen molar-refractivity contribution in [3.8, 4) is 0 Å². The summed E-state index contributed by atoms with van der Waals surface area (Å²) in [5, 5.41) is 14.6. The van der Waals surface area contributed by atoms with E-state index in [2.05, 4.69) is 17.0 Å². The van der Waals surface area contributed by atoms with Gasteiger partial charge in [0.1, 0.15) is 0 Å². The molecule has 1 aliphatic carbocycles. The van der Waals surface area contributed by atoms with Gasteiger partial charge >= 0.3 is 0 Å². The molecule has 2 aromatic rings. The van der Waals surface area contributed by atoms with Gasteiger partial charge in [0.25, 0.3) is 0 Å². The average molecular weight is 431 g/mol. The largest absolute Gasteiger partial charge is 0.371 e. The fourth-order valence-corrected chi connectivity index (χ4v) is 5.68. The van der Waals surface area contributed by atoms with Gasteiger partial charge in [-0.2, -0.15) is 4.72 Å². The van der Waals surface area contributed by atoms with Crippen LogP contribution in [0, 0.1) is 5.92 Å². The van der Waals surface area contributed by atoms with E-state index in [9.17, 15) is 13.5 Å². The fourth-order valence-electron chi connectivity index (χ4n) is 4.41. The van der Waals surface area contributed by atoms with Crippen molar-refractivity contribution in [1.29, 1.82) is 0 Å². The Bertz CT molecular complexity index is 907. The summed E-state index contributed by atoms with van der Waals surface area (Å²) in [6, 6.07) is 15.9. The van der Waals surface area contributed by atoms with Crippen molar-refractivity contribution in [2.45, 2.75) is 75.6 Å². The van der Waals surface area contributed by atoms with Gasteiger partial charge in [0.15, 0.2) is 5.72 Å². The molecule has 3 rings (SSSR count). The summed E-state index contributed by atoms with van der Waals surface area (Å²) in [7, 11) is -3.85. The van der Waals surface area contributed by atoms with Crippen LogP contribution in [0.3, 0.4) is 0 Å². The molecular formula is C24H34N2O3S. The van der Waals surface area contributed by atoms with Crippen LogP contribution in [0.4, 0.5) is 0 Å². The van der Waals surface area contributed by atoms with Crippen LogP contribution >= 0.6 is 0 Å².